The largest absolute Gasteiger partial charge is 0.467 e. The van der Waals surface area contributed by atoms with Crippen LogP contribution < -0.4 is 20.7 Å². The van der Waals surface area contributed by atoms with E-state index in [9.17, 15) is 22.8 Å². The van der Waals surface area contributed by atoms with Gasteiger partial charge in [-0.3, -0.25) is 0 Å². The van der Waals surface area contributed by atoms with Crippen LogP contribution in [0.25, 0.3) is 32.1 Å². The number of likely N-dealkylation sites (tertiary alicyclic amines) is 1. The summed E-state index contributed by atoms with van der Waals surface area (Å²) in [5.74, 6) is -0.953. The fraction of sp³-hybridized carbons (Fsp3) is 0.433. The number of anilines is 2. The molecule has 2 unspecified atom stereocenters. The highest BCUT2D eigenvalue weighted by atomic mass is 32.1. The lowest BCUT2D eigenvalue weighted by Gasteiger charge is -2.34. The third-order valence-corrected chi connectivity index (χ3v) is 9.37. The molecule has 3 saturated heterocycles. The van der Waals surface area contributed by atoms with Crippen molar-refractivity contribution in [3.8, 4) is 23.2 Å². The standard InChI is InChI=1S/C25H19F5N6OS.C5H11N/c1-37-24-34-20-13(23(35-24)36-8-10-2-3-11(9-36)33-10)6-15(25(28,29)30)18(19(20)27)12-4-5-16(26)21-17(12)14(7-31)22(32)38-21;1-5-3-6(2)4-5/h4-6,10-11,33H,2-3,8-9,32H2,1H3;5H,3-4H2,1-2H3. The molecule has 3 N–H and O–H groups in total. The summed E-state index contributed by atoms with van der Waals surface area (Å²) in [6.45, 7) is 5.85. The zero-order valence-corrected chi connectivity index (χ0v) is 25.0. The van der Waals surface area contributed by atoms with Gasteiger partial charge in [0.05, 0.1) is 22.9 Å². The number of nitrogens with zero attached hydrogens (tertiary/aromatic N) is 5. The highest BCUT2D eigenvalue weighted by Gasteiger charge is 2.39. The van der Waals surface area contributed by atoms with Gasteiger partial charge in [-0.25, -0.2) is 8.78 Å². The van der Waals surface area contributed by atoms with Crippen LogP contribution in [0.4, 0.5) is 32.8 Å². The van der Waals surface area contributed by atoms with Crippen LogP contribution in [0.15, 0.2) is 18.2 Å². The third-order valence-electron chi connectivity index (χ3n) is 8.34. The quantitative estimate of drug-likeness (QED) is 0.275. The Morgan fingerprint density at radius 2 is 1.80 bits per heavy atom. The topological polar surface area (TPSA) is 103 Å². The van der Waals surface area contributed by atoms with E-state index in [4.69, 9.17) is 10.5 Å². The van der Waals surface area contributed by atoms with Gasteiger partial charge >= 0.3 is 12.2 Å². The van der Waals surface area contributed by atoms with E-state index in [0.717, 1.165) is 37.0 Å². The smallest absolute Gasteiger partial charge is 0.417 e. The molecule has 0 spiro atoms. The van der Waals surface area contributed by atoms with Crippen LogP contribution >= 0.6 is 11.3 Å². The maximum absolute atomic E-state index is 16.4. The maximum atomic E-state index is 16.4. The van der Waals surface area contributed by atoms with Crippen LogP contribution in [-0.2, 0) is 6.18 Å². The van der Waals surface area contributed by atoms with Gasteiger partial charge in [0, 0.05) is 54.6 Å². The van der Waals surface area contributed by atoms with Gasteiger partial charge in [-0.05, 0) is 43.5 Å². The highest BCUT2D eigenvalue weighted by Crippen LogP contribution is 2.48. The van der Waals surface area contributed by atoms with Crippen LogP contribution in [0, 0.1) is 28.9 Å². The zero-order chi connectivity index (χ0) is 31.5. The lowest BCUT2D eigenvalue weighted by molar-refractivity contribution is -0.137. The molecule has 0 radical (unpaired) electrons. The number of nitriles is 1. The molecule has 232 valence electrons. The normalized spacial score (nSPS) is 20.4. The molecular weight excluding hydrogens is 601 g/mol. The predicted molar refractivity (Wildman–Crippen MR) is 160 cm³/mol. The Hall–Kier alpha value is -3.80. The van der Waals surface area contributed by atoms with Gasteiger partial charge in [-0.1, -0.05) is 13.0 Å². The molecule has 3 fully saturated rings. The Labute approximate surface area is 254 Å². The van der Waals surface area contributed by atoms with E-state index in [1.165, 1.54) is 20.2 Å². The number of hydrogen-bond donors (Lipinski definition) is 2. The summed E-state index contributed by atoms with van der Waals surface area (Å²) in [6.07, 6.45) is -3.17. The van der Waals surface area contributed by atoms with E-state index in [1.54, 1.807) is 0 Å². The van der Waals surface area contributed by atoms with Crippen molar-refractivity contribution in [1.82, 2.24) is 20.2 Å². The molecule has 14 heteroatoms. The molecule has 5 heterocycles. The summed E-state index contributed by atoms with van der Waals surface area (Å²) < 4.78 is 79.7. The number of aromatic nitrogens is 2. The van der Waals surface area contributed by atoms with Crippen molar-refractivity contribution < 1.29 is 26.7 Å². The first-order valence-corrected chi connectivity index (χ1v) is 15.0. The summed E-state index contributed by atoms with van der Waals surface area (Å²) in [7, 11) is 3.44. The fourth-order valence-corrected chi connectivity index (χ4v) is 7.45. The number of nitrogen functional groups attached to an aromatic ring is 1. The van der Waals surface area contributed by atoms with Gasteiger partial charge in [0.15, 0.2) is 5.82 Å². The summed E-state index contributed by atoms with van der Waals surface area (Å²) in [6, 6.07) is 4.66. The summed E-state index contributed by atoms with van der Waals surface area (Å²) in [5.41, 5.74) is 2.82. The first kappa shape index (κ1) is 30.2. The predicted octanol–water partition coefficient (Wildman–Crippen LogP) is 5.78. The minimum atomic E-state index is -5.00. The highest BCUT2D eigenvalue weighted by molar-refractivity contribution is 7.23. The number of nitrogens with one attached hydrogen (secondary N) is 1. The van der Waals surface area contributed by atoms with Crippen molar-refractivity contribution >= 4 is 43.1 Å². The van der Waals surface area contributed by atoms with E-state index < -0.39 is 28.9 Å². The molecule has 2 atom stereocenters. The molecule has 2 aromatic heterocycles. The van der Waals surface area contributed by atoms with Gasteiger partial charge in [-0.15, -0.1) is 11.3 Å². The minimum absolute atomic E-state index is 0.0803. The fourth-order valence-electron chi connectivity index (χ4n) is 6.50. The van der Waals surface area contributed by atoms with Gasteiger partial charge in [0.25, 0.3) is 0 Å². The summed E-state index contributed by atoms with van der Waals surface area (Å²) >= 11 is 0.714. The number of nitrogens with two attached hydrogens (primary N) is 1. The molecule has 3 aliphatic heterocycles. The number of rotatable bonds is 3. The van der Waals surface area contributed by atoms with Gasteiger partial charge < -0.3 is 25.6 Å². The Bertz CT molecular complexity index is 1780. The van der Waals surface area contributed by atoms with Gasteiger partial charge in [0.2, 0.25) is 0 Å². The molecule has 7 rings (SSSR count). The van der Waals surface area contributed by atoms with Crippen molar-refractivity contribution in [3.05, 3.63) is 41.0 Å². The second kappa shape index (κ2) is 11.3. The number of methoxy groups -OCH3 is 1. The molecule has 0 amide bonds. The Kier molecular flexibility index (Phi) is 7.75. The van der Waals surface area contributed by atoms with Crippen molar-refractivity contribution in [1.29, 1.82) is 5.26 Å². The maximum Gasteiger partial charge on any atom is 0.417 e. The number of ether oxygens (including phenoxy) is 1. The van der Waals surface area contributed by atoms with Crippen LogP contribution in [0.2, 0.25) is 0 Å². The van der Waals surface area contributed by atoms with Crippen molar-refractivity contribution in [2.45, 2.75) is 38.0 Å². The monoisotopic (exact) mass is 631 g/mol. The number of halogens is 5. The average molecular weight is 632 g/mol. The van der Waals surface area contributed by atoms with Gasteiger partial charge in [-0.2, -0.15) is 28.4 Å². The molecule has 0 aliphatic carbocycles. The number of hydrogen-bond acceptors (Lipinski definition) is 9. The number of alkyl halides is 3. The third kappa shape index (κ3) is 5.27. The second-order valence-corrected chi connectivity index (χ2v) is 12.7. The Balaban J connectivity index is 0.000000513. The molecule has 0 saturated carbocycles. The lowest BCUT2D eigenvalue weighted by Crippen LogP contribution is -2.51. The van der Waals surface area contributed by atoms with Crippen molar-refractivity contribution in [3.63, 3.8) is 0 Å². The SMILES string of the molecule is CC1CN(C)C1.COc1nc(N2CC3CCC(C2)N3)c2cc(C(F)(F)F)c(-c3ccc(F)c4sc(N)c(C#N)c34)c(F)c2n1. The zero-order valence-electron chi connectivity index (χ0n) is 24.2. The number of thiophene rings is 1. The van der Waals surface area contributed by atoms with E-state index in [0.29, 0.717) is 24.4 Å². The molecule has 8 nitrogen and oxygen atoms in total. The van der Waals surface area contributed by atoms with Crippen molar-refractivity contribution in [2.24, 2.45) is 5.92 Å². The number of piperazine rings is 1. The Morgan fingerprint density at radius 3 is 2.34 bits per heavy atom. The molecule has 4 aromatic rings. The molecule has 44 heavy (non-hydrogen) atoms. The lowest BCUT2D eigenvalue weighted by atomic mass is 9.92. The summed E-state index contributed by atoms with van der Waals surface area (Å²) in [4.78, 5) is 12.6. The van der Waals surface area contributed by atoms with Crippen LogP contribution in [0.1, 0.15) is 30.9 Å². The average Bonchev–Trinajstić information content (AvgIpc) is 3.49. The second-order valence-electron chi connectivity index (χ2n) is 11.7. The van der Waals surface area contributed by atoms with E-state index in [-0.39, 0.29) is 61.0 Å². The number of fused-ring (bicyclic) bond motifs is 4. The number of benzene rings is 2. The van der Waals surface area contributed by atoms with Gasteiger partial charge in [0.1, 0.15) is 28.2 Å². The van der Waals surface area contributed by atoms with E-state index in [2.05, 4.69) is 34.2 Å². The summed E-state index contributed by atoms with van der Waals surface area (Å²) in [5, 5.41) is 12.7. The first-order chi connectivity index (χ1) is 20.9. The molecular formula is C30H30F5N7OS. The van der Waals surface area contributed by atoms with E-state index >= 15 is 4.39 Å². The van der Waals surface area contributed by atoms with E-state index in [1.807, 2.05) is 11.0 Å². The molecule has 3 aliphatic rings. The molecule has 2 bridgehead atoms. The minimum Gasteiger partial charge on any atom is -0.467 e. The van der Waals surface area contributed by atoms with Crippen molar-refractivity contribution in [2.75, 3.05) is 51.0 Å². The van der Waals surface area contributed by atoms with Crippen LogP contribution in [-0.4, -0.2) is 67.3 Å². The van der Waals surface area contributed by atoms with Crippen LogP contribution in [0.5, 0.6) is 6.01 Å². The molecule has 2 aromatic carbocycles. The Morgan fingerprint density at radius 1 is 1.11 bits per heavy atom. The first-order valence-electron chi connectivity index (χ1n) is 14.2. The van der Waals surface area contributed by atoms with Crippen LogP contribution in [0.3, 0.4) is 0 Å².